The van der Waals surface area contributed by atoms with Gasteiger partial charge in [-0.3, -0.25) is 19.3 Å². The first-order valence-electron chi connectivity index (χ1n) is 5.91. The van der Waals surface area contributed by atoms with Crippen LogP contribution in [0.3, 0.4) is 0 Å². The van der Waals surface area contributed by atoms with Crippen LogP contribution in [0.4, 0.5) is 0 Å². The van der Waals surface area contributed by atoms with E-state index in [9.17, 15) is 14.4 Å². The van der Waals surface area contributed by atoms with Crippen LogP contribution in [0.15, 0.2) is 0 Å². The minimum Gasteiger partial charge on any atom is -0.385 e. The molecule has 3 amide bonds. The Morgan fingerprint density at radius 3 is 2.94 bits per heavy atom. The predicted molar refractivity (Wildman–Crippen MR) is 63.4 cm³/mol. The van der Waals surface area contributed by atoms with Crippen LogP contribution in [-0.2, 0) is 19.1 Å². The summed E-state index contributed by atoms with van der Waals surface area (Å²) < 4.78 is 4.84. The number of ether oxygens (including phenoxy) is 1. The zero-order chi connectivity index (χ0) is 13.5. The van der Waals surface area contributed by atoms with Crippen molar-refractivity contribution in [2.24, 2.45) is 5.73 Å². The lowest BCUT2D eigenvalue weighted by Gasteiger charge is -2.28. The second-order valence-electron chi connectivity index (χ2n) is 4.16. The van der Waals surface area contributed by atoms with Crippen LogP contribution in [-0.4, -0.2) is 55.5 Å². The molecule has 102 valence electrons. The summed E-state index contributed by atoms with van der Waals surface area (Å²) in [6.07, 6.45) is 1.25. The molecule has 3 N–H and O–H groups in total. The molecule has 0 aromatic carbocycles. The van der Waals surface area contributed by atoms with Crippen molar-refractivity contribution in [3.63, 3.8) is 0 Å². The molecule has 0 aliphatic carbocycles. The van der Waals surface area contributed by atoms with Crippen molar-refractivity contribution in [3.8, 4) is 0 Å². The molecule has 1 heterocycles. The number of likely N-dealkylation sites (tertiary alicyclic amines) is 1. The quantitative estimate of drug-likeness (QED) is 0.451. The van der Waals surface area contributed by atoms with Gasteiger partial charge in [0.2, 0.25) is 17.7 Å². The molecule has 0 aromatic rings. The first kappa shape index (κ1) is 14.6. The van der Waals surface area contributed by atoms with Crippen LogP contribution >= 0.6 is 0 Å². The second kappa shape index (κ2) is 7.07. The van der Waals surface area contributed by atoms with Crippen LogP contribution in [0.2, 0.25) is 0 Å². The SMILES string of the molecule is COCCCNC(=O)CN1C(=O)CCC(N)C1=O. The molecule has 0 spiro atoms. The van der Waals surface area contributed by atoms with Gasteiger partial charge >= 0.3 is 0 Å². The minimum atomic E-state index is -0.677. The van der Waals surface area contributed by atoms with Gasteiger partial charge in [-0.25, -0.2) is 0 Å². The van der Waals surface area contributed by atoms with Crippen molar-refractivity contribution >= 4 is 17.7 Å². The summed E-state index contributed by atoms with van der Waals surface area (Å²) in [5.74, 6) is -1.17. The molecular weight excluding hydrogens is 238 g/mol. The van der Waals surface area contributed by atoms with Crippen molar-refractivity contribution in [1.29, 1.82) is 0 Å². The number of nitrogens with two attached hydrogens (primary N) is 1. The van der Waals surface area contributed by atoms with E-state index in [0.717, 1.165) is 4.90 Å². The third-order valence-corrected chi connectivity index (χ3v) is 2.70. The van der Waals surface area contributed by atoms with Crippen molar-refractivity contribution < 1.29 is 19.1 Å². The summed E-state index contributed by atoms with van der Waals surface area (Å²) in [5, 5.41) is 2.61. The van der Waals surface area contributed by atoms with E-state index >= 15 is 0 Å². The van der Waals surface area contributed by atoms with Gasteiger partial charge in [0.05, 0.1) is 6.04 Å². The van der Waals surface area contributed by atoms with Crippen molar-refractivity contribution in [2.75, 3.05) is 26.8 Å². The molecule has 1 aliphatic rings. The summed E-state index contributed by atoms with van der Waals surface area (Å²) in [7, 11) is 1.58. The number of amides is 3. The van der Waals surface area contributed by atoms with Gasteiger partial charge in [0.25, 0.3) is 0 Å². The number of hydrogen-bond acceptors (Lipinski definition) is 5. The standard InChI is InChI=1S/C11H19N3O4/c1-18-6-2-5-13-9(15)7-14-10(16)4-3-8(12)11(14)17/h8H,2-7,12H2,1H3,(H,13,15). The molecule has 7 nitrogen and oxygen atoms in total. The maximum Gasteiger partial charge on any atom is 0.246 e. The number of nitrogens with zero attached hydrogens (tertiary/aromatic N) is 1. The molecular formula is C11H19N3O4. The summed E-state index contributed by atoms with van der Waals surface area (Å²) in [6, 6.07) is -0.677. The second-order valence-corrected chi connectivity index (χ2v) is 4.16. The predicted octanol–water partition coefficient (Wildman–Crippen LogP) is -1.38. The van der Waals surface area contributed by atoms with Gasteiger partial charge in [-0.1, -0.05) is 0 Å². The van der Waals surface area contributed by atoms with Crippen molar-refractivity contribution in [2.45, 2.75) is 25.3 Å². The lowest BCUT2D eigenvalue weighted by atomic mass is 10.1. The van der Waals surface area contributed by atoms with Gasteiger partial charge in [-0.2, -0.15) is 0 Å². The highest BCUT2D eigenvalue weighted by Crippen LogP contribution is 2.10. The van der Waals surface area contributed by atoms with Crippen LogP contribution in [0.25, 0.3) is 0 Å². The Kier molecular flexibility index (Phi) is 5.73. The molecule has 18 heavy (non-hydrogen) atoms. The Morgan fingerprint density at radius 1 is 1.56 bits per heavy atom. The fraction of sp³-hybridized carbons (Fsp3) is 0.727. The zero-order valence-corrected chi connectivity index (χ0v) is 10.5. The Balaban J connectivity index is 2.37. The van der Waals surface area contributed by atoms with E-state index in [4.69, 9.17) is 10.5 Å². The summed E-state index contributed by atoms with van der Waals surface area (Å²) in [5.41, 5.74) is 5.55. The van der Waals surface area contributed by atoms with E-state index in [1.54, 1.807) is 7.11 Å². The molecule has 1 saturated heterocycles. The first-order valence-corrected chi connectivity index (χ1v) is 5.91. The zero-order valence-electron chi connectivity index (χ0n) is 10.5. The fourth-order valence-electron chi connectivity index (χ4n) is 1.67. The highest BCUT2D eigenvalue weighted by Gasteiger charge is 2.32. The number of methoxy groups -OCH3 is 1. The van der Waals surface area contributed by atoms with Gasteiger partial charge in [0.15, 0.2) is 0 Å². The highest BCUT2D eigenvalue weighted by atomic mass is 16.5. The lowest BCUT2D eigenvalue weighted by Crippen LogP contribution is -2.54. The van der Waals surface area contributed by atoms with E-state index in [1.165, 1.54) is 0 Å². The largest absolute Gasteiger partial charge is 0.385 e. The monoisotopic (exact) mass is 257 g/mol. The van der Waals surface area contributed by atoms with E-state index in [0.29, 0.717) is 26.0 Å². The van der Waals surface area contributed by atoms with Crippen molar-refractivity contribution in [3.05, 3.63) is 0 Å². The number of piperidine rings is 1. The van der Waals surface area contributed by atoms with Gasteiger partial charge in [-0.05, 0) is 12.8 Å². The van der Waals surface area contributed by atoms with Crippen LogP contribution in [0.5, 0.6) is 0 Å². The van der Waals surface area contributed by atoms with Gasteiger partial charge in [-0.15, -0.1) is 0 Å². The van der Waals surface area contributed by atoms with E-state index < -0.39 is 11.9 Å². The van der Waals surface area contributed by atoms with Crippen LogP contribution in [0, 0.1) is 0 Å². The normalized spacial score (nSPS) is 20.1. The Labute approximate surface area is 106 Å². The molecule has 0 saturated carbocycles. The number of carbonyl (C=O) groups is 3. The average molecular weight is 257 g/mol. The molecule has 1 aliphatic heterocycles. The molecule has 1 unspecified atom stereocenters. The maximum atomic E-state index is 11.6. The van der Waals surface area contributed by atoms with E-state index in [2.05, 4.69) is 5.32 Å². The molecule has 0 radical (unpaired) electrons. The number of hydrogen-bond donors (Lipinski definition) is 2. The molecule has 0 bridgehead atoms. The average Bonchev–Trinajstić information content (AvgIpc) is 2.35. The molecule has 1 rings (SSSR count). The fourth-order valence-corrected chi connectivity index (χ4v) is 1.67. The number of nitrogens with one attached hydrogen (secondary N) is 1. The van der Waals surface area contributed by atoms with Gasteiger partial charge < -0.3 is 15.8 Å². The number of rotatable bonds is 6. The first-order chi connectivity index (χ1) is 8.56. The molecule has 0 aromatic heterocycles. The van der Waals surface area contributed by atoms with E-state index in [-0.39, 0.29) is 24.8 Å². The van der Waals surface area contributed by atoms with Crippen LogP contribution in [0.1, 0.15) is 19.3 Å². The molecule has 1 fully saturated rings. The summed E-state index contributed by atoms with van der Waals surface area (Å²) >= 11 is 0. The van der Waals surface area contributed by atoms with Crippen LogP contribution < -0.4 is 11.1 Å². The van der Waals surface area contributed by atoms with Gasteiger partial charge in [0.1, 0.15) is 6.54 Å². The minimum absolute atomic E-state index is 0.212. The third kappa shape index (κ3) is 4.08. The Hall–Kier alpha value is -1.47. The summed E-state index contributed by atoms with van der Waals surface area (Å²) in [6.45, 7) is 0.750. The van der Waals surface area contributed by atoms with E-state index in [1.807, 2.05) is 0 Å². The number of carbonyl (C=O) groups excluding carboxylic acids is 3. The number of imide groups is 1. The van der Waals surface area contributed by atoms with Gasteiger partial charge in [0, 0.05) is 26.7 Å². The smallest absolute Gasteiger partial charge is 0.246 e. The molecule has 1 atom stereocenters. The topological polar surface area (TPSA) is 102 Å². The van der Waals surface area contributed by atoms with Crippen molar-refractivity contribution in [1.82, 2.24) is 10.2 Å². The Morgan fingerprint density at radius 2 is 2.28 bits per heavy atom. The third-order valence-electron chi connectivity index (χ3n) is 2.70. The Bertz CT molecular complexity index is 332. The molecule has 7 heteroatoms. The lowest BCUT2D eigenvalue weighted by molar-refractivity contribution is -0.151. The highest BCUT2D eigenvalue weighted by molar-refractivity contribution is 6.03. The summed E-state index contributed by atoms with van der Waals surface area (Å²) in [4.78, 5) is 35.6. The maximum absolute atomic E-state index is 11.6.